The second-order valence-corrected chi connectivity index (χ2v) is 7.97. The molecule has 2 saturated carbocycles. The minimum absolute atomic E-state index is 0.143. The van der Waals surface area contributed by atoms with Crippen molar-refractivity contribution in [1.82, 2.24) is 5.32 Å². The molecule has 0 unspecified atom stereocenters. The molecule has 1 amide bonds. The number of amides is 1. The highest BCUT2D eigenvalue weighted by Gasteiger charge is 2.31. The van der Waals surface area contributed by atoms with Crippen molar-refractivity contribution in [3.8, 4) is 5.75 Å². The largest absolute Gasteiger partial charge is 0.494 e. The van der Waals surface area contributed by atoms with E-state index >= 15 is 0 Å². The van der Waals surface area contributed by atoms with Gasteiger partial charge in [0.1, 0.15) is 0 Å². The molecule has 3 nitrogen and oxygen atoms in total. The molecule has 0 aromatic heterocycles. The number of ether oxygens (including phenoxy) is 1. The summed E-state index contributed by atoms with van der Waals surface area (Å²) in [7, 11) is 1.46. The molecule has 0 spiro atoms. The molecular formula is C24H34FNO2. The van der Waals surface area contributed by atoms with E-state index < -0.39 is 0 Å². The minimum Gasteiger partial charge on any atom is -0.494 e. The van der Waals surface area contributed by atoms with Crippen LogP contribution in [0.25, 0.3) is 0 Å². The van der Waals surface area contributed by atoms with Gasteiger partial charge in [0.15, 0.2) is 11.6 Å². The summed E-state index contributed by atoms with van der Waals surface area (Å²) in [6.07, 6.45) is 11.9. The van der Waals surface area contributed by atoms with E-state index in [1.54, 1.807) is 31.2 Å². The lowest BCUT2D eigenvalue weighted by atomic mass is 9.75. The second-order valence-electron chi connectivity index (χ2n) is 7.97. The molecule has 1 N–H and O–H groups in total. The Kier molecular flexibility index (Phi) is 8.75. The van der Waals surface area contributed by atoms with Gasteiger partial charge in [-0.05, 0) is 62.1 Å². The van der Waals surface area contributed by atoms with E-state index in [4.69, 9.17) is 4.74 Å². The topological polar surface area (TPSA) is 38.3 Å². The zero-order chi connectivity index (χ0) is 20.5. The summed E-state index contributed by atoms with van der Waals surface area (Å²) in [5, 5.41) is 2.83. The number of hydrogen-bond donors (Lipinski definition) is 1. The first-order valence-electron chi connectivity index (χ1n) is 10.4. The van der Waals surface area contributed by atoms with Gasteiger partial charge in [0.05, 0.1) is 7.11 Å². The number of allylic oxidation sites excluding steroid dienone is 1. The van der Waals surface area contributed by atoms with Crippen LogP contribution < -0.4 is 10.1 Å². The summed E-state index contributed by atoms with van der Waals surface area (Å²) in [6, 6.07) is 5.07. The van der Waals surface area contributed by atoms with Gasteiger partial charge in [0.25, 0.3) is 0 Å². The van der Waals surface area contributed by atoms with Crippen LogP contribution in [0, 0.1) is 30.5 Å². The molecule has 1 aromatic rings. The predicted molar refractivity (Wildman–Crippen MR) is 113 cm³/mol. The number of nitrogens with one attached hydrogen (secondary N) is 1. The van der Waals surface area contributed by atoms with Crippen LogP contribution in [0.1, 0.15) is 56.9 Å². The molecule has 0 heterocycles. The molecule has 1 aromatic carbocycles. The molecule has 0 saturated heterocycles. The Morgan fingerprint density at radius 2 is 1.75 bits per heavy atom. The summed E-state index contributed by atoms with van der Waals surface area (Å²) in [5.74, 6) is 2.21. The first-order chi connectivity index (χ1) is 13.5. The van der Waals surface area contributed by atoms with Gasteiger partial charge in [0.2, 0.25) is 5.91 Å². The number of rotatable bonds is 5. The van der Waals surface area contributed by atoms with Crippen LogP contribution in [0.4, 0.5) is 4.39 Å². The van der Waals surface area contributed by atoms with Crippen LogP contribution in [0.3, 0.4) is 0 Å². The maximum Gasteiger partial charge on any atom is 0.227 e. The minimum atomic E-state index is -0.273. The molecule has 0 aliphatic heterocycles. The fourth-order valence-electron chi connectivity index (χ4n) is 4.37. The van der Waals surface area contributed by atoms with Crippen molar-refractivity contribution >= 4 is 5.91 Å². The Bertz CT molecular complexity index is 671. The Morgan fingerprint density at radius 1 is 1.14 bits per heavy atom. The van der Waals surface area contributed by atoms with Crippen LogP contribution in [0.15, 0.2) is 43.1 Å². The lowest BCUT2D eigenvalue weighted by Gasteiger charge is -2.31. The summed E-state index contributed by atoms with van der Waals surface area (Å²) in [4.78, 5) is 12.0. The lowest BCUT2D eigenvalue weighted by molar-refractivity contribution is -0.125. The quantitative estimate of drug-likeness (QED) is 0.635. The number of carbonyl (C=O) groups is 1. The average molecular weight is 388 g/mol. The van der Waals surface area contributed by atoms with E-state index in [2.05, 4.69) is 18.5 Å². The van der Waals surface area contributed by atoms with E-state index in [-0.39, 0.29) is 17.6 Å². The lowest BCUT2D eigenvalue weighted by Crippen LogP contribution is -2.33. The fraction of sp³-hybridized carbons (Fsp3) is 0.542. The van der Waals surface area contributed by atoms with Crippen molar-refractivity contribution in [3.05, 3.63) is 54.5 Å². The van der Waals surface area contributed by atoms with Crippen molar-refractivity contribution in [2.75, 3.05) is 7.11 Å². The molecule has 2 aliphatic rings. The number of carbonyl (C=O) groups excluding carboxylic acids is 1. The maximum atomic E-state index is 12.9. The number of methoxy groups -OCH3 is 1. The Balaban J connectivity index is 0.000000237. The number of benzene rings is 1. The maximum absolute atomic E-state index is 12.9. The molecule has 0 bridgehead atoms. The van der Waals surface area contributed by atoms with Crippen LogP contribution in [0.2, 0.25) is 0 Å². The van der Waals surface area contributed by atoms with E-state index in [0.717, 1.165) is 24.7 Å². The third-order valence-corrected chi connectivity index (χ3v) is 6.12. The fourth-order valence-corrected chi connectivity index (χ4v) is 4.37. The van der Waals surface area contributed by atoms with E-state index in [1.165, 1.54) is 45.6 Å². The molecule has 4 heteroatoms. The van der Waals surface area contributed by atoms with Gasteiger partial charge in [-0.1, -0.05) is 51.0 Å². The molecule has 2 fully saturated rings. The highest BCUT2D eigenvalue weighted by atomic mass is 19.1. The molecule has 0 radical (unpaired) electrons. The number of hydrogen-bond acceptors (Lipinski definition) is 2. The van der Waals surface area contributed by atoms with Gasteiger partial charge in [-0.25, -0.2) is 4.39 Å². The first kappa shape index (κ1) is 22.2. The standard InChI is InChI=1S/C16H25NO.C8H9FO/c1-3-12(2)17-16(18)15-10-8-14(9-11-15)13-6-4-5-7-13;1-6-4-3-5-7(10-2)8(6)9/h3,13-15H,1-2,4-11H2,(H,17,18);3-5H,1-2H3. The smallest absolute Gasteiger partial charge is 0.227 e. The van der Waals surface area contributed by atoms with Crippen molar-refractivity contribution in [2.24, 2.45) is 17.8 Å². The normalized spacial score (nSPS) is 22.0. The van der Waals surface area contributed by atoms with Gasteiger partial charge in [-0.3, -0.25) is 4.79 Å². The molecular weight excluding hydrogens is 353 g/mol. The molecule has 0 atom stereocenters. The molecule has 154 valence electrons. The highest BCUT2D eigenvalue weighted by Crippen LogP contribution is 2.40. The van der Waals surface area contributed by atoms with Crippen molar-refractivity contribution in [1.29, 1.82) is 0 Å². The summed E-state index contributed by atoms with van der Waals surface area (Å²) in [5.41, 5.74) is 1.23. The van der Waals surface area contributed by atoms with E-state index in [1.807, 2.05) is 0 Å². The zero-order valence-corrected chi connectivity index (χ0v) is 17.3. The number of aryl methyl sites for hydroxylation is 1. The molecule has 2 aliphatic carbocycles. The zero-order valence-electron chi connectivity index (χ0n) is 17.3. The van der Waals surface area contributed by atoms with Crippen LogP contribution >= 0.6 is 0 Å². The Hall–Kier alpha value is -2.10. The summed E-state index contributed by atoms with van der Waals surface area (Å²) < 4.78 is 17.6. The van der Waals surface area contributed by atoms with E-state index in [0.29, 0.717) is 17.0 Å². The SMILES string of the molecule is C=CC(=C)NC(=O)C1CCC(C2CCCC2)CC1.COc1cccc(C)c1F. The van der Waals surface area contributed by atoms with Crippen LogP contribution in [0.5, 0.6) is 5.75 Å². The van der Waals surface area contributed by atoms with Crippen LogP contribution in [-0.4, -0.2) is 13.0 Å². The van der Waals surface area contributed by atoms with Gasteiger partial charge < -0.3 is 10.1 Å². The van der Waals surface area contributed by atoms with Gasteiger partial charge in [-0.15, -0.1) is 0 Å². The average Bonchev–Trinajstić information content (AvgIpc) is 3.25. The van der Waals surface area contributed by atoms with E-state index in [9.17, 15) is 9.18 Å². The number of halogens is 1. The van der Waals surface area contributed by atoms with Gasteiger partial charge in [0, 0.05) is 11.6 Å². The van der Waals surface area contributed by atoms with Crippen LogP contribution in [-0.2, 0) is 4.79 Å². The van der Waals surface area contributed by atoms with Crippen molar-refractivity contribution < 1.29 is 13.9 Å². The summed E-state index contributed by atoms with van der Waals surface area (Å²) in [6.45, 7) is 9.05. The van der Waals surface area contributed by atoms with Gasteiger partial charge >= 0.3 is 0 Å². The Labute approximate surface area is 169 Å². The van der Waals surface area contributed by atoms with Crippen molar-refractivity contribution in [2.45, 2.75) is 58.3 Å². The highest BCUT2D eigenvalue weighted by molar-refractivity contribution is 5.80. The molecule has 3 rings (SSSR count). The predicted octanol–water partition coefficient (Wildman–Crippen LogP) is 5.94. The summed E-state index contributed by atoms with van der Waals surface area (Å²) >= 11 is 0. The third kappa shape index (κ3) is 6.22. The Morgan fingerprint density at radius 3 is 2.29 bits per heavy atom. The third-order valence-electron chi connectivity index (χ3n) is 6.12. The monoisotopic (exact) mass is 387 g/mol. The second kappa shape index (κ2) is 11.0. The van der Waals surface area contributed by atoms with Crippen molar-refractivity contribution in [3.63, 3.8) is 0 Å². The molecule has 28 heavy (non-hydrogen) atoms. The van der Waals surface area contributed by atoms with Gasteiger partial charge in [-0.2, -0.15) is 0 Å². The first-order valence-corrected chi connectivity index (χ1v) is 10.4.